The number of aromatic nitrogens is 2. The van der Waals surface area contributed by atoms with Crippen LogP contribution in [0.1, 0.15) is 0 Å². The summed E-state index contributed by atoms with van der Waals surface area (Å²) in [5.41, 5.74) is 0.368. The summed E-state index contributed by atoms with van der Waals surface area (Å²) in [5.74, 6) is -2.25. The average Bonchev–Trinajstić information content (AvgIpc) is 2.95. The van der Waals surface area contributed by atoms with Crippen LogP contribution in [-0.2, 0) is 10.6 Å². The molecule has 0 aliphatic carbocycles. The van der Waals surface area contributed by atoms with Gasteiger partial charge < -0.3 is 25.2 Å². The van der Waals surface area contributed by atoms with Gasteiger partial charge in [-0.25, -0.2) is 4.98 Å². The van der Waals surface area contributed by atoms with Crippen molar-refractivity contribution in [2.24, 2.45) is 0 Å². The van der Waals surface area contributed by atoms with Crippen molar-refractivity contribution < 1.29 is 25.2 Å². The Bertz CT molecular complexity index is 694. The topological polar surface area (TPSA) is 108 Å². The Kier molecular flexibility index (Phi) is 3.61. The van der Waals surface area contributed by atoms with Gasteiger partial charge in [0.15, 0.2) is 6.10 Å². The SMILES string of the molecule is OC[C@H]1O[C@](O)(n2ccc3c(Cl)nc(Cl)cc32)[C@H](O)[C@@H]1O. The number of ether oxygens (including phenoxy) is 1. The third-order valence-corrected chi connectivity index (χ3v) is 4.03. The molecule has 114 valence electrons. The Hall–Kier alpha value is -0.930. The van der Waals surface area contributed by atoms with Gasteiger partial charge in [-0.1, -0.05) is 23.2 Å². The van der Waals surface area contributed by atoms with Crippen LogP contribution in [0.5, 0.6) is 0 Å². The Morgan fingerprint density at radius 2 is 2.10 bits per heavy atom. The van der Waals surface area contributed by atoms with Crippen LogP contribution in [0.3, 0.4) is 0 Å². The van der Waals surface area contributed by atoms with Gasteiger partial charge in [-0.15, -0.1) is 0 Å². The van der Waals surface area contributed by atoms with Crippen molar-refractivity contribution >= 4 is 34.1 Å². The number of hydrogen-bond donors (Lipinski definition) is 4. The Morgan fingerprint density at radius 3 is 2.71 bits per heavy atom. The fourth-order valence-electron chi connectivity index (χ4n) is 2.48. The molecule has 0 spiro atoms. The monoisotopic (exact) mass is 334 g/mol. The zero-order chi connectivity index (χ0) is 15.4. The number of aliphatic hydroxyl groups is 4. The standard InChI is InChI=1S/C12H12Cl2N2O5/c13-8-3-6-5(11(14)15-8)1-2-16(6)12(20)10(19)9(18)7(4-17)21-12/h1-3,7,9-10,17-20H,4H2/t7-,9-,10-,12+/m1/s1. The highest BCUT2D eigenvalue weighted by Gasteiger charge is 2.55. The van der Waals surface area contributed by atoms with E-state index >= 15 is 0 Å². The van der Waals surface area contributed by atoms with Crippen molar-refractivity contribution in [3.63, 3.8) is 0 Å². The summed E-state index contributed by atoms with van der Waals surface area (Å²) in [6.07, 6.45) is -2.79. The van der Waals surface area contributed by atoms with Crippen molar-refractivity contribution in [2.45, 2.75) is 24.2 Å². The van der Waals surface area contributed by atoms with Gasteiger partial charge in [-0.05, 0) is 6.07 Å². The molecule has 0 unspecified atom stereocenters. The molecular weight excluding hydrogens is 323 g/mol. The molecule has 21 heavy (non-hydrogen) atoms. The van der Waals surface area contributed by atoms with Crippen molar-refractivity contribution in [3.05, 3.63) is 28.6 Å². The molecule has 3 rings (SSSR count). The van der Waals surface area contributed by atoms with Crippen LogP contribution in [0.15, 0.2) is 18.3 Å². The van der Waals surface area contributed by atoms with Gasteiger partial charge in [0.25, 0.3) is 5.91 Å². The maximum absolute atomic E-state index is 10.6. The normalized spacial score (nSPS) is 33.0. The van der Waals surface area contributed by atoms with Crippen LogP contribution in [0, 0.1) is 0 Å². The number of nitrogens with zero attached hydrogens (tertiary/aromatic N) is 2. The zero-order valence-electron chi connectivity index (χ0n) is 10.5. The molecule has 4 N–H and O–H groups in total. The lowest BCUT2D eigenvalue weighted by Crippen LogP contribution is -2.45. The van der Waals surface area contributed by atoms with Crippen LogP contribution in [-0.4, -0.2) is 54.9 Å². The molecule has 0 radical (unpaired) electrons. The third kappa shape index (κ3) is 2.13. The summed E-state index contributed by atoms with van der Waals surface area (Å²) < 4.78 is 6.40. The number of halogens is 2. The van der Waals surface area contributed by atoms with E-state index in [0.717, 1.165) is 0 Å². The molecule has 0 bridgehead atoms. The van der Waals surface area contributed by atoms with E-state index < -0.39 is 30.8 Å². The summed E-state index contributed by atoms with van der Waals surface area (Å²) in [5, 5.41) is 40.3. The van der Waals surface area contributed by atoms with Crippen LogP contribution in [0.2, 0.25) is 10.3 Å². The Morgan fingerprint density at radius 1 is 1.38 bits per heavy atom. The van der Waals surface area contributed by atoms with Gasteiger partial charge in [0.1, 0.15) is 22.5 Å². The molecule has 0 aromatic carbocycles. The van der Waals surface area contributed by atoms with Crippen molar-refractivity contribution in [3.8, 4) is 0 Å². The maximum atomic E-state index is 10.6. The summed E-state index contributed by atoms with van der Waals surface area (Å²) in [6.45, 7) is -0.553. The number of hydrogen-bond acceptors (Lipinski definition) is 6. The predicted octanol–water partition coefficient (Wildman–Crippen LogP) is 0.0586. The summed E-state index contributed by atoms with van der Waals surface area (Å²) in [6, 6.07) is 3.00. The largest absolute Gasteiger partial charge is 0.394 e. The zero-order valence-corrected chi connectivity index (χ0v) is 12.0. The van der Waals surface area contributed by atoms with E-state index in [2.05, 4.69) is 4.98 Å². The molecule has 0 amide bonds. The predicted molar refractivity (Wildman–Crippen MR) is 73.9 cm³/mol. The highest BCUT2D eigenvalue weighted by atomic mass is 35.5. The highest BCUT2D eigenvalue weighted by Crippen LogP contribution is 2.37. The highest BCUT2D eigenvalue weighted by molar-refractivity contribution is 6.36. The average molecular weight is 335 g/mol. The lowest BCUT2D eigenvalue weighted by atomic mass is 10.1. The summed E-state index contributed by atoms with van der Waals surface area (Å²) in [4.78, 5) is 3.87. The summed E-state index contributed by atoms with van der Waals surface area (Å²) in [7, 11) is 0. The number of pyridine rings is 1. The van der Waals surface area contributed by atoms with Gasteiger partial charge in [0, 0.05) is 17.6 Å². The fourth-order valence-corrected chi connectivity index (χ4v) is 2.96. The third-order valence-electron chi connectivity index (χ3n) is 3.55. The first-order valence-electron chi connectivity index (χ1n) is 6.09. The van der Waals surface area contributed by atoms with E-state index in [1.165, 1.54) is 16.8 Å². The molecule has 7 nitrogen and oxygen atoms in total. The lowest BCUT2D eigenvalue weighted by molar-refractivity contribution is -0.286. The fraction of sp³-hybridized carbons (Fsp3) is 0.417. The van der Waals surface area contributed by atoms with E-state index in [9.17, 15) is 15.3 Å². The van der Waals surface area contributed by atoms with Gasteiger partial charge in [-0.3, -0.25) is 4.57 Å². The smallest absolute Gasteiger partial charge is 0.283 e. The van der Waals surface area contributed by atoms with E-state index in [-0.39, 0.29) is 10.3 Å². The van der Waals surface area contributed by atoms with Crippen LogP contribution in [0.4, 0.5) is 0 Å². The van der Waals surface area contributed by atoms with Crippen LogP contribution < -0.4 is 0 Å². The van der Waals surface area contributed by atoms with Gasteiger partial charge in [0.05, 0.1) is 12.1 Å². The molecule has 0 saturated carbocycles. The maximum Gasteiger partial charge on any atom is 0.283 e. The molecule has 1 fully saturated rings. The Balaban J connectivity index is 2.16. The first kappa shape index (κ1) is 15.0. The number of fused-ring (bicyclic) bond motifs is 1. The van der Waals surface area contributed by atoms with Gasteiger partial charge >= 0.3 is 0 Å². The number of aliphatic hydroxyl groups excluding tert-OH is 3. The van der Waals surface area contributed by atoms with Gasteiger partial charge in [-0.2, -0.15) is 0 Å². The number of rotatable bonds is 2. The van der Waals surface area contributed by atoms with E-state index in [1.807, 2.05) is 0 Å². The van der Waals surface area contributed by atoms with Gasteiger partial charge in [0.2, 0.25) is 0 Å². The molecular formula is C12H12Cl2N2O5. The molecule has 1 aliphatic heterocycles. The molecule has 1 aliphatic rings. The molecule has 9 heteroatoms. The van der Waals surface area contributed by atoms with Crippen LogP contribution in [0.25, 0.3) is 10.9 Å². The van der Waals surface area contributed by atoms with E-state index in [0.29, 0.717) is 10.9 Å². The molecule has 2 aromatic rings. The van der Waals surface area contributed by atoms with E-state index in [4.69, 9.17) is 33.0 Å². The first-order chi connectivity index (χ1) is 9.88. The Labute approximate surface area is 128 Å². The second-order valence-corrected chi connectivity index (χ2v) is 5.53. The second kappa shape index (κ2) is 5.06. The van der Waals surface area contributed by atoms with Crippen LogP contribution >= 0.6 is 23.2 Å². The van der Waals surface area contributed by atoms with E-state index in [1.54, 1.807) is 6.07 Å². The van der Waals surface area contributed by atoms with Crippen molar-refractivity contribution in [1.82, 2.24) is 9.55 Å². The summed E-state index contributed by atoms with van der Waals surface area (Å²) >= 11 is 11.8. The minimum absolute atomic E-state index is 0.0998. The molecule has 4 atom stereocenters. The molecule has 1 saturated heterocycles. The quantitative estimate of drug-likeness (QED) is 0.578. The lowest BCUT2D eigenvalue weighted by Gasteiger charge is -2.28. The second-order valence-electron chi connectivity index (χ2n) is 4.79. The van der Waals surface area contributed by atoms with Crippen molar-refractivity contribution in [2.75, 3.05) is 6.61 Å². The minimum Gasteiger partial charge on any atom is -0.394 e. The minimum atomic E-state index is -2.25. The molecule has 3 heterocycles. The molecule has 2 aromatic heterocycles. The van der Waals surface area contributed by atoms with Crippen molar-refractivity contribution in [1.29, 1.82) is 0 Å². The first-order valence-corrected chi connectivity index (χ1v) is 6.85.